The molecule has 1 heterocycles. The van der Waals surface area contributed by atoms with Gasteiger partial charge < -0.3 is 14.7 Å². The molecule has 0 fully saturated rings. The van der Waals surface area contributed by atoms with Crippen LogP contribution in [-0.2, 0) is 35.6 Å². The number of methoxy groups -OCH3 is 1. The lowest BCUT2D eigenvalue weighted by atomic mass is 9.89. The molecule has 4 rings (SSSR count). The Hall–Kier alpha value is -3.91. The number of rotatable bonds is 7. The molecule has 0 aliphatic carbocycles. The van der Waals surface area contributed by atoms with Crippen molar-refractivity contribution in [3.05, 3.63) is 88.7 Å². The van der Waals surface area contributed by atoms with Crippen molar-refractivity contribution in [2.45, 2.75) is 25.9 Å². The van der Waals surface area contributed by atoms with Gasteiger partial charge in [0.1, 0.15) is 11.6 Å². The predicted octanol–water partition coefficient (Wildman–Crippen LogP) is 4.67. The third kappa shape index (κ3) is 5.27. The lowest BCUT2D eigenvalue weighted by molar-refractivity contribution is -0.136. The quantitative estimate of drug-likeness (QED) is 0.500. The van der Waals surface area contributed by atoms with Gasteiger partial charge in [-0.2, -0.15) is 5.06 Å². The highest BCUT2D eigenvalue weighted by atomic mass is 19.1. The Bertz CT molecular complexity index is 1230. The van der Waals surface area contributed by atoms with E-state index in [-0.39, 0.29) is 31.4 Å². The summed E-state index contributed by atoms with van der Waals surface area (Å²) >= 11 is 0. The average Bonchev–Trinajstić information content (AvgIpc) is 2.87. The first-order valence-corrected chi connectivity index (χ1v) is 11.2. The molecule has 8 heteroatoms. The van der Waals surface area contributed by atoms with Crippen molar-refractivity contribution in [1.82, 2.24) is 9.96 Å². The van der Waals surface area contributed by atoms with Crippen LogP contribution in [0.1, 0.15) is 22.3 Å². The molecule has 0 bridgehead atoms. The normalized spacial score (nSPS) is 12.7. The van der Waals surface area contributed by atoms with E-state index in [2.05, 4.69) is 0 Å². The monoisotopic (exact) mass is 478 g/mol. The fraction of sp³-hybridized carbons (Fsp3) is 0.259. The molecule has 1 N–H and O–H groups in total. The van der Waals surface area contributed by atoms with E-state index in [1.807, 2.05) is 30.3 Å². The molecular formula is C27H27FN2O5. The molecule has 1 aliphatic rings. The number of halogens is 1. The molecule has 1 aliphatic heterocycles. The number of benzene rings is 3. The van der Waals surface area contributed by atoms with E-state index in [0.717, 1.165) is 5.56 Å². The van der Waals surface area contributed by atoms with Crippen LogP contribution in [0.15, 0.2) is 60.7 Å². The minimum atomic E-state index is -0.947. The van der Waals surface area contributed by atoms with Crippen molar-refractivity contribution in [3.63, 3.8) is 0 Å². The molecule has 35 heavy (non-hydrogen) atoms. The molecule has 0 atom stereocenters. The Balaban J connectivity index is 1.68. The summed E-state index contributed by atoms with van der Waals surface area (Å²) in [5, 5.41) is 10.5. The first kappa shape index (κ1) is 24.2. The minimum Gasteiger partial charge on any atom is -0.496 e. The van der Waals surface area contributed by atoms with Crippen LogP contribution in [0.3, 0.4) is 0 Å². The van der Waals surface area contributed by atoms with Gasteiger partial charge in [0.25, 0.3) is 0 Å². The van der Waals surface area contributed by atoms with E-state index in [0.29, 0.717) is 46.5 Å². The molecule has 0 saturated carbocycles. The first-order chi connectivity index (χ1) is 16.9. The molecule has 0 saturated heterocycles. The van der Waals surface area contributed by atoms with Gasteiger partial charge in [0, 0.05) is 18.7 Å². The second-order valence-corrected chi connectivity index (χ2v) is 8.32. The highest BCUT2D eigenvalue weighted by Crippen LogP contribution is 2.38. The fourth-order valence-corrected chi connectivity index (χ4v) is 4.42. The maximum Gasteiger partial charge on any atom is 0.344 e. The Kier molecular flexibility index (Phi) is 7.31. The Morgan fingerprint density at radius 1 is 1.00 bits per heavy atom. The number of carboxylic acid groups (broad SMARTS) is 1. The summed E-state index contributed by atoms with van der Waals surface area (Å²) in [5.41, 5.74) is 4.10. The summed E-state index contributed by atoms with van der Waals surface area (Å²) in [6, 6.07) is 17.4. The van der Waals surface area contributed by atoms with Gasteiger partial charge >= 0.3 is 12.0 Å². The van der Waals surface area contributed by atoms with Gasteiger partial charge in [-0.3, -0.25) is 9.63 Å². The molecule has 3 aromatic rings. The number of urea groups is 1. The van der Waals surface area contributed by atoms with Crippen LogP contribution in [-0.4, -0.2) is 47.8 Å². The van der Waals surface area contributed by atoms with Crippen LogP contribution < -0.4 is 4.74 Å². The maximum absolute atomic E-state index is 14.8. The summed E-state index contributed by atoms with van der Waals surface area (Å²) in [6.45, 7) is 0.805. The minimum absolute atomic E-state index is 0.146. The highest BCUT2D eigenvalue weighted by molar-refractivity contribution is 5.79. The Morgan fingerprint density at radius 3 is 2.46 bits per heavy atom. The van der Waals surface area contributed by atoms with Gasteiger partial charge in [-0.15, -0.1) is 0 Å². The molecular weight excluding hydrogens is 451 g/mol. The van der Waals surface area contributed by atoms with Crippen molar-refractivity contribution < 1.29 is 28.7 Å². The van der Waals surface area contributed by atoms with Crippen molar-refractivity contribution in [3.8, 4) is 16.9 Å². The van der Waals surface area contributed by atoms with E-state index in [1.165, 1.54) is 25.3 Å². The van der Waals surface area contributed by atoms with Crippen molar-refractivity contribution >= 4 is 12.0 Å². The lowest BCUT2D eigenvalue weighted by Crippen LogP contribution is -2.44. The third-order valence-corrected chi connectivity index (χ3v) is 6.14. The van der Waals surface area contributed by atoms with E-state index in [4.69, 9.17) is 9.57 Å². The number of hydrogen-bond acceptors (Lipinski definition) is 4. The number of hydrogen-bond donors (Lipinski definition) is 1. The zero-order valence-electron chi connectivity index (χ0n) is 19.7. The molecule has 3 aromatic carbocycles. The van der Waals surface area contributed by atoms with Gasteiger partial charge in [-0.25, -0.2) is 9.18 Å². The summed E-state index contributed by atoms with van der Waals surface area (Å²) < 4.78 is 20.3. The van der Waals surface area contributed by atoms with Gasteiger partial charge in [-0.1, -0.05) is 42.5 Å². The topological polar surface area (TPSA) is 79.3 Å². The summed E-state index contributed by atoms with van der Waals surface area (Å²) in [7, 11) is 2.98. The molecule has 182 valence electrons. The number of amides is 2. The zero-order chi connectivity index (χ0) is 24.9. The van der Waals surface area contributed by atoms with Gasteiger partial charge in [0.2, 0.25) is 0 Å². The molecule has 2 amide bonds. The number of fused-ring (bicyclic) bond motifs is 1. The molecule has 0 spiro atoms. The van der Waals surface area contributed by atoms with E-state index in [9.17, 15) is 19.1 Å². The number of carboxylic acids is 1. The Morgan fingerprint density at radius 2 is 1.77 bits per heavy atom. The molecule has 7 nitrogen and oxygen atoms in total. The standard InChI is InChI=1S/C27H27FN2O5/c1-34-25-11-8-19(15-26(31)32)14-22(25)20-9-10-24(28)21-12-13-29(17-23(20)21)27(33)30(35-2)16-18-6-4-3-5-7-18/h3-11,14H,12-13,15-17H2,1-2H3,(H,31,32). The van der Waals surface area contributed by atoms with Crippen molar-refractivity contribution in [2.24, 2.45) is 0 Å². The lowest BCUT2D eigenvalue weighted by Gasteiger charge is -2.34. The second kappa shape index (κ2) is 10.6. The SMILES string of the molecule is COc1ccc(CC(=O)O)cc1-c1ccc(F)c2c1CN(C(=O)N(Cc1ccccc1)OC)CC2. The molecule has 0 aromatic heterocycles. The van der Waals surface area contributed by atoms with Crippen molar-refractivity contribution in [2.75, 3.05) is 20.8 Å². The number of carbonyl (C=O) groups is 2. The van der Waals surface area contributed by atoms with Crippen LogP contribution in [0.4, 0.5) is 9.18 Å². The highest BCUT2D eigenvalue weighted by Gasteiger charge is 2.29. The van der Waals surface area contributed by atoms with Crippen LogP contribution >= 0.6 is 0 Å². The van der Waals surface area contributed by atoms with Gasteiger partial charge in [0.05, 0.1) is 27.2 Å². The fourth-order valence-electron chi connectivity index (χ4n) is 4.42. The maximum atomic E-state index is 14.8. The van der Waals surface area contributed by atoms with Crippen LogP contribution in [0.2, 0.25) is 0 Å². The zero-order valence-corrected chi connectivity index (χ0v) is 19.7. The molecule has 0 unspecified atom stereocenters. The van der Waals surface area contributed by atoms with E-state index >= 15 is 0 Å². The number of ether oxygens (including phenoxy) is 1. The average molecular weight is 479 g/mol. The van der Waals surface area contributed by atoms with Crippen LogP contribution in [0.5, 0.6) is 5.75 Å². The summed E-state index contributed by atoms with van der Waals surface area (Å²) in [5.74, 6) is -0.736. The first-order valence-electron chi connectivity index (χ1n) is 11.2. The van der Waals surface area contributed by atoms with Gasteiger partial charge in [-0.05, 0) is 52.4 Å². The molecule has 0 radical (unpaired) electrons. The summed E-state index contributed by atoms with van der Waals surface area (Å²) in [4.78, 5) is 31.6. The van der Waals surface area contributed by atoms with Gasteiger partial charge in [0.15, 0.2) is 0 Å². The third-order valence-electron chi connectivity index (χ3n) is 6.14. The van der Waals surface area contributed by atoms with E-state index < -0.39 is 5.97 Å². The number of hydroxylamine groups is 2. The summed E-state index contributed by atoms with van der Waals surface area (Å²) in [6.07, 6.45) is 0.202. The predicted molar refractivity (Wildman–Crippen MR) is 128 cm³/mol. The van der Waals surface area contributed by atoms with Crippen LogP contribution in [0.25, 0.3) is 11.1 Å². The smallest absolute Gasteiger partial charge is 0.344 e. The second-order valence-electron chi connectivity index (χ2n) is 8.32. The number of carbonyl (C=O) groups excluding carboxylic acids is 1. The largest absolute Gasteiger partial charge is 0.496 e. The number of nitrogens with zero attached hydrogens (tertiary/aromatic N) is 2. The van der Waals surface area contributed by atoms with Crippen LogP contribution in [0, 0.1) is 5.82 Å². The van der Waals surface area contributed by atoms with Crippen molar-refractivity contribution in [1.29, 1.82) is 0 Å². The Labute approximate surface area is 203 Å². The number of aliphatic carboxylic acids is 1. The van der Waals surface area contributed by atoms with E-state index in [1.54, 1.807) is 29.2 Å².